The maximum absolute atomic E-state index is 5.85. The van der Waals surface area contributed by atoms with Gasteiger partial charge in [0.25, 0.3) is 0 Å². The van der Waals surface area contributed by atoms with Gasteiger partial charge in [-0.05, 0) is 11.1 Å². The van der Waals surface area contributed by atoms with Crippen LogP contribution < -0.4 is 11.5 Å². The second-order valence-corrected chi connectivity index (χ2v) is 4.13. The highest BCUT2D eigenvalue weighted by Crippen LogP contribution is 2.18. The topological polar surface area (TPSA) is 52.0 Å². The molecule has 0 amide bonds. The fraction of sp³-hybridized carbons (Fsp3) is 0.143. The Balaban J connectivity index is 2.09. The van der Waals surface area contributed by atoms with Crippen molar-refractivity contribution in [3.05, 3.63) is 65.8 Å². The van der Waals surface area contributed by atoms with Crippen LogP contribution in [0.3, 0.4) is 0 Å². The molecule has 0 radical (unpaired) electrons. The van der Waals surface area contributed by atoms with Gasteiger partial charge in [0, 0.05) is 6.42 Å². The molecule has 0 fully saturated rings. The van der Waals surface area contributed by atoms with Crippen LogP contribution in [0.2, 0.25) is 0 Å². The van der Waals surface area contributed by atoms with Gasteiger partial charge < -0.3 is 11.5 Å². The highest BCUT2D eigenvalue weighted by atomic mass is 14.9. The summed E-state index contributed by atoms with van der Waals surface area (Å²) in [6, 6.07) is 10.2. The van der Waals surface area contributed by atoms with Crippen LogP contribution in [0.5, 0.6) is 0 Å². The normalized spacial score (nSPS) is 18.8. The Morgan fingerprint density at radius 1 is 1.06 bits per heavy atom. The number of rotatable bonds is 2. The minimum atomic E-state index is -0.703. The highest BCUT2D eigenvalue weighted by molar-refractivity contribution is 5.53. The van der Waals surface area contributed by atoms with E-state index < -0.39 is 5.66 Å². The van der Waals surface area contributed by atoms with E-state index >= 15 is 0 Å². The van der Waals surface area contributed by atoms with Gasteiger partial charge in [-0.15, -0.1) is 0 Å². The van der Waals surface area contributed by atoms with Crippen LogP contribution in [0, 0.1) is 0 Å². The standard InChI is InChI=1S/C14H16N2/c15-14(16)10-4-7-13(11-14)9-8-12-5-2-1-3-6-12/h1-10H,11,15-16H2. The smallest absolute Gasteiger partial charge is 0.0872 e. The minimum absolute atomic E-state index is 0.673. The zero-order chi connectivity index (χ0) is 11.4. The van der Waals surface area contributed by atoms with Crippen molar-refractivity contribution >= 4 is 6.08 Å². The summed E-state index contributed by atoms with van der Waals surface area (Å²) in [6.07, 6.45) is 10.6. The Morgan fingerprint density at radius 2 is 1.81 bits per heavy atom. The molecule has 82 valence electrons. The van der Waals surface area contributed by atoms with Crippen molar-refractivity contribution in [2.45, 2.75) is 12.1 Å². The fourth-order valence-corrected chi connectivity index (χ4v) is 1.70. The molecule has 4 N–H and O–H groups in total. The number of hydrogen-bond acceptors (Lipinski definition) is 2. The summed E-state index contributed by atoms with van der Waals surface area (Å²) >= 11 is 0. The van der Waals surface area contributed by atoms with Gasteiger partial charge in [0.15, 0.2) is 0 Å². The van der Waals surface area contributed by atoms with Gasteiger partial charge in [-0.2, -0.15) is 0 Å². The van der Waals surface area contributed by atoms with Crippen molar-refractivity contribution in [1.29, 1.82) is 0 Å². The summed E-state index contributed by atoms with van der Waals surface area (Å²) in [5.41, 5.74) is 13.3. The third-order valence-corrected chi connectivity index (χ3v) is 2.52. The van der Waals surface area contributed by atoms with E-state index in [1.165, 1.54) is 5.56 Å². The zero-order valence-corrected chi connectivity index (χ0v) is 9.14. The van der Waals surface area contributed by atoms with Gasteiger partial charge in [0.1, 0.15) is 0 Å². The zero-order valence-electron chi connectivity index (χ0n) is 9.14. The quantitative estimate of drug-likeness (QED) is 0.738. The van der Waals surface area contributed by atoms with Gasteiger partial charge >= 0.3 is 0 Å². The first kappa shape index (κ1) is 10.9. The largest absolute Gasteiger partial charge is 0.310 e. The second kappa shape index (κ2) is 4.47. The monoisotopic (exact) mass is 212 g/mol. The Bertz CT molecular complexity index is 439. The van der Waals surface area contributed by atoms with Crippen molar-refractivity contribution in [3.63, 3.8) is 0 Å². The molecule has 0 heterocycles. The lowest BCUT2D eigenvalue weighted by atomic mass is 9.95. The number of nitrogens with two attached hydrogens (primary N) is 2. The van der Waals surface area contributed by atoms with Crippen molar-refractivity contribution in [3.8, 4) is 0 Å². The van der Waals surface area contributed by atoms with Gasteiger partial charge in [-0.25, -0.2) is 0 Å². The molecule has 0 atom stereocenters. The molecule has 1 aromatic rings. The van der Waals surface area contributed by atoms with E-state index in [1.807, 2.05) is 36.4 Å². The molecule has 0 unspecified atom stereocenters. The molecule has 0 spiro atoms. The summed E-state index contributed by atoms with van der Waals surface area (Å²) in [5, 5.41) is 0. The van der Waals surface area contributed by atoms with E-state index in [-0.39, 0.29) is 0 Å². The van der Waals surface area contributed by atoms with Crippen molar-refractivity contribution in [2.75, 3.05) is 0 Å². The maximum atomic E-state index is 5.85. The lowest BCUT2D eigenvalue weighted by molar-refractivity contribution is 0.547. The molecule has 2 rings (SSSR count). The van der Waals surface area contributed by atoms with Crippen LogP contribution in [-0.2, 0) is 0 Å². The van der Waals surface area contributed by atoms with Crippen molar-refractivity contribution in [1.82, 2.24) is 0 Å². The SMILES string of the molecule is NC1(N)C=CC=C(C=Cc2ccccc2)C1. The Kier molecular flexibility index (Phi) is 3.04. The molecule has 1 aromatic carbocycles. The van der Waals surface area contributed by atoms with Crippen LogP contribution in [0.25, 0.3) is 6.08 Å². The summed E-state index contributed by atoms with van der Waals surface area (Å²) in [4.78, 5) is 0. The van der Waals surface area contributed by atoms with E-state index in [1.54, 1.807) is 0 Å². The summed E-state index contributed by atoms with van der Waals surface area (Å²) in [7, 11) is 0. The molecule has 1 aliphatic rings. The summed E-state index contributed by atoms with van der Waals surface area (Å²) in [6.45, 7) is 0. The molecule has 0 bridgehead atoms. The Labute approximate surface area is 96.0 Å². The fourth-order valence-electron chi connectivity index (χ4n) is 1.70. The maximum Gasteiger partial charge on any atom is 0.0872 e. The molecule has 2 nitrogen and oxygen atoms in total. The van der Waals surface area contributed by atoms with Crippen LogP contribution in [-0.4, -0.2) is 5.66 Å². The predicted molar refractivity (Wildman–Crippen MR) is 68.4 cm³/mol. The van der Waals surface area contributed by atoms with E-state index in [9.17, 15) is 0 Å². The van der Waals surface area contributed by atoms with Crippen molar-refractivity contribution in [2.24, 2.45) is 11.5 Å². The lowest BCUT2D eigenvalue weighted by Gasteiger charge is -2.23. The third-order valence-electron chi connectivity index (χ3n) is 2.52. The van der Waals surface area contributed by atoms with Gasteiger partial charge in [-0.3, -0.25) is 0 Å². The number of hydrogen-bond donors (Lipinski definition) is 2. The first-order valence-corrected chi connectivity index (χ1v) is 5.35. The Hall–Kier alpha value is -1.64. The predicted octanol–water partition coefficient (Wildman–Crippen LogP) is 2.20. The molecule has 1 aliphatic carbocycles. The third kappa shape index (κ3) is 2.92. The summed E-state index contributed by atoms with van der Waals surface area (Å²) < 4.78 is 0. The molecule has 0 saturated heterocycles. The molecular formula is C14H16N2. The van der Waals surface area contributed by atoms with Gasteiger partial charge in [0.2, 0.25) is 0 Å². The first-order chi connectivity index (χ1) is 7.66. The van der Waals surface area contributed by atoms with Gasteiger partial charge in [-0.1, -0.05) is 60.7 Å². The molecule has 2 heteroatoms. The van der Waals surface area contributed by atoms with Crippen LogP contribution in [0.1, 0.15) is 12.0 Å². The average Bonchev–Trinajstić information content (AvgIpc) is 2.27. The van der Waals surface area contributed by atoms with Crippen LogP contribution in [0.15, 0.2) is 60.2 Å². The molecule has 0 aliphatic heterocycles. The van der Waals surface area contributed by atoms with Crippen LogP contribution in [0.4, 0.5) is 0 Å². The minimum Gasteiger partial charge on any atom is -0.310 e. The first-order valence-electron chi connectivity index (χ1n) is 5.35. The van der Waals surface area contributed by atoms with Crippen LogP contribution >= 0.6 is 0 Å². The van der Waals surface area contributed by atoms with E-state index in [0.717, 1.165) is 5.57 Å². The average molecular weight is 212 g/mol. The number of allylic oxidation sites excluding steroid dienone is 3. The van der Waals surface area contributed by atoms with Gasteiger partial charge in [0.05, 0.1) is 5.66 Å². The molecule has 0 saturated carbocycles. The van der Waals surface area contributed by atoms with Crippen molar-refractivity contribution < 1.29 is 0 Å². The molecule has 16 heavy (non-hydrogen) atoms. The molecular weight excluding hydrogens is 196 g/mol. The Morgan fingerprint density at radius 3 is 2.50 bits per heavy atom. The summed E-state index contributed by atoms with van der Waals surface area (Å²) in [5.74, 6) is 0. The lowest BCUT2D eigenvalue weighted by Crippen LogP contribution is -2.48. The second-order valence-electron chi connectivity index (χ2n) is 4.13. The van der Waals surface area contributed by atoms with E-state index in [4.69, 9.17) is 11.5 Å². The van der Waals surface area contributed by atoms with E-state index in [2.05, 4.69) is 24.3 Å². The van der Waals surface area contributed by atoms with E-state index in [0.29, 0.717) is 6.42 Å². The molecule has 0 aromatic heterocycles. The highest BCUT2D eigenvalue weighted by Gasteiger charge is 2.17. The number of benzene rings is 1.